The fourth-order valence-corrected chi connectivity index (χ4v) is 5.93. The molecular formula is C21H22N2O4S. The SMILES string of the molecule is CCN1C(=O)c2ccccc2C(=O)[C@@]2(C)CN(S(=O)(=O)c3ccccc3)C[C@@H]12. The van der Waals surface area contributed by atoms with E-state index in [1.165, 1.54) is 4.31 Å². The van der Waals surface area contributed by atoms with Crippen LogP contribution in [0.3, 0.4) is 0 Å². The highest BCUT2D eigenvalue weighted by atomic mass is 32.2. The number of rotatable bonds is 3. The molecular weight excluding hydrogens is 376 g/mol. The van der Waals surface area contributed by atoms with E-state index < -0.39 is 21.5 Å². The van der Waals surface area contributed by atoms with Crippen LogP contribution in [0.4, 0.5) is 0 Å². The van der Waals surface area contributed by atoms with Gasteiger partial charge in [-0.3, -0.25) is 9.59 Å². The number of fused-ring (bicyclic) bond motifs is 2. The van der Waals surface area contributed by atoms with Crippen molar-refractivity contribution in [2.45, 2.75) is 24.8 Å². The molecule has 2 aliphatic heterocycles. The Morgan fingerprint density at radius 2 is 1.61 bits per heavy atom. The number of likely N-dealkylation sites (N-methyl/N-ethyl adjacent to an activating group) is 1. The fraction of sp³-hybridized carbons (Fsp3) is 0.333. The first-order valence-electron chi connectivity index (χ1n) is 9.30. The molecule has 7 heteroatoms. The van der Waals surface area contributed by atoms with Gasteiger partial charge >= 0.3 is 0 Å². The normalized spacial score (nSPS) is 25.4. The van der Waals surface area contributed by atoms with E-state index in [0.717, 1.165) is 0 Å². The Morgan fingerprint density at radius 3 is 2.25 bits per heavy atom. The van der Waals surface area contributed by atoms with Gasteiger partial charge in [0.1, 0.15) is 0 Å². The van der Waals surface area contributed by atoms with Gasteiger partial charge in [0, 0.05) is 25.2 Å². The van der Waals surface area contributed by atoms with E-state index in [-0.39, 0.29) is 29.7 Å². The zero-order chi connectivity index (χ0) is 20.1. The molecule has 1 saturated heterocycles. The smallest absolute Gasteiger partial charge is 0.254 e. The van der Waals surface area contributed by atoms with Crippen molar-refractivity contribution >= 4 is 21.7 Å². The molecule has 0 N–H and O–H groups in total. The number of nitrogens with zero attached hydrogens (tertiary/aromatic N) is 2. The van der Waals surface area contributed by atoms with E-state index in [1.807, 2.05) is 6.92 Å². The van der Waals surface area contributed by atoms with Crippen molar-refractivity contribution in [3.8, 4) is 0 Å². The highest BCUT2D eigenvalue weighted by Gasteiger charge is 2.56. The van der Waals surface area contributed by atoms with E-state index in [2.05, 4.69) is 0 Å². The third-order valence-corrected chi connectivity index (χ3v) is 7.72. The second-order valence-electron chi connectivity index (χ2n) is 7.51. The van der Waals surface area contributed by atoms with Gasteiger partial charge < -0.3 is 4.90 Å². The lowest BCUT2D eigenvalue weighted by Crippen LogP contribution is -2.49. The van der Waals surface area contributed by atoms with Crippen molar-refractivity contribution in [1.82, 2.24) is 9.21 Å². The van der Waals surface area contributed by atoms with Crippen LogP contribution in [0.15, 0.2) is 59.5 Å². The molecule has 2 heterocycles. The van der Waals surface area contributed by atoms with Crippen molar-refractivity contribution in [1.29, 1.82) is 0 Å². The number of hydrogen-bond donors (Lipinski definition) is 0. The van der Waals surface area contributed by atoms with Crippen LogP contribution in [-0.4, -0.2) is 55.0 Å². The molecule has 146 valence electrons. The van der Waals surface area contributed by atoms with Gasteiger partial charge in [-0.1, -0.05) is 36.4 Å². The lowest BCUT2D eigenvalue weighted by atomic mass is 9.78. The third-order valence-electron chi connectivity index (χ3n) is 5.90. The molecule has 2 aliphatic rings. The Labute approximate surface area is 164 Å². The van der Waals surface area contributed by atoms with Crippen molar-refractivity contribution in [2.24, 2.45) is 5.41 Å². The molecule has 1 amide bonds. The van der Waals surface area contributed by atoms with Crippen molar-refractivity contribution < 1.29 is 18.0 Å². The van der Waals surface area contributed by atoms with Gasteiger partial charge in [0.25, 0.3) is 5.91 Å². The topological polar surface area (TPSA) is 74.8 Å². The number of carbonyl (C=O) groups is 2. The maximum atomic E-state index is 13.5. The molecule has 6 nitrogen and oxygen atoms in total. The molecule has 2 atom stereocenters. The van der Waals surface area contributed by atoms with E-state index in [9.17, 15) is 18.0 Å². The molecule has 28 heavy (non-hydrogen) atoms. The standard InChI is InChI=1S/C21H22N2O4S/c1-3-23-18-13-22(28(26,27)15-9-5-4-6-10-15)14-21(18,2)19(24)16-11-7-8-12-17(16)20(23)25/h4-12,18H,3,13-14H2,1-2H3/t18-,21+/m1/s1. The predicted molar refractivity (Wildman–Crippen MR) is 105 cm³/mol. The van der Waals surface area contributed by atoms with Crippen LogP contribution < -0.4 is 0 Å². The summed E-state index contributed by atoms with van der Waals surface area (Å²) < 4.78 is 27.6. The number of sulfonamides is 1. The molecule has 0 unspecified atom stereocenters. The number of Topliss-reactive ketones (excluding diaryl/α,β-unsaturated/α-hetero) is 1. The molecule has 0 radical (unpaired) electrons. The Bertz CT molecular complexity index is 1050. The zero-order valence-electron chi connectivity index (χ0n) is 15.8. The maximum Gasteiger partial charge on any atom is 0.254 e. The van der Waals surface area contributed by atoms with Gasteiger partial charge in [0.2, 0.25) is 10.0 Å². The summed E-state index contributed by atoms with van der Waals surface area (Å²) in [6, 6.07) is 14.5. The number of hydrogen-bond acceptors (Lipinski definition) is 4. The van der Waals surface area contributed by atoms with E-state index in [4.69, 9.17) is 0 Å². The summed E-state index contributed by atoms with van der Waals surface area (Å²) in [5.41, 5.74) is -0.238. The highest BCUT2D eigenvalue weighted by Crippen LogP contribution is 2.42. The summed E-state index contributed by atoms with van der Waals surface area (Å²) in [7, 11) is -3.75. The lowest BCUT2D eigenvalue weighted by molar-refractivity contribution is 0.0560. The van der Waals surface area contributed by atoms with Crippen molar-refractivity contribution in [3.63, 3.8) is 0 Å². The van der Waals surface area contributed by atoms with Crippen LogP contribution >= 0.6 is 0 Å². The van der Waals surface area contributed by atoms with Crippen LogP contribution in [0.2, 0.25) is 0 Å². The summed E-state index contributed by atoms with van der Waals surface area (Å²) >= 11 is 0. The summed E-state index contributed by atoms with van der Waals surface area (Å²) in [4.78, 5) is 28.4. The summed E-state index contributed by atoms with van der Waals surface area (Å²) in [5, 5.41) is 0. The van der Waals surface area contributed by atoms with Gasteiger partial charge in [-0.25, -0.2) is 8.42 Å². The molecule has 2 aromatic rings. The van der Waals surface area contributed by atoms with Gasteiger partial charge in [-0.15, -0.1) is 0 Å². The molecule has 4 rings (SSSR count). The molecule has 0 saturated carbocycles. The monoisotopic (exact) mass is 398 g/mol. The third kappa shape index (κ3) is 2.61. The molecule has 0 spiro atoms. The minimum atomic E-state index is -3.75. The summed E-state index contributed by atoms with van der Waals surface area (Å²) in [5.74, 6) is -0.401. The first-order valence-corrected chi connectivity index (χ1v) is 10.7. The first-order chi connectivity index (χ1) is 13.3. The highest BCUT2D eigenvalue weighted by molar-refractivity contribution is 7.89. The van der Waals surface area contributed by atoms with Crippen LogP contribution in [0.5, 0.6) is 0 Å². The minimum absolute atomic E-state index is 0.0475. The van der Waals surface area contributed by atoms with Gasteiger partial charge in [0.05, 0.1) is 21.9 Å². The van der Waals surface area contributed by atoms with E-state index in [0.29, 0.717) is 17.7 Å². The maximum absolute atomic E-state index is 13.5. The fourth-order valence-electron chi connectivity index (χ4n) is 4.36. The molecule has 0 bridgehead atoms. The summed E-state index contributed by atoms with van der Waals surface area (Å²) in [6.07, 6.45) is 0. The number of ketones is 1. The first kappa shape index (κ1) is 18.8. The number of carbonyl (C=O) groups excluding carboxylic acids is 2. The van der Waals surface area contributed by atoms with Crippen LogP contribution in [0.1, 0.15) is 34.6 Å². The van der Waals surface area contributed by atoms with Crippen LogP contribution in [0.25, 0.3) is 0 Å². The largest absolute Gasteiger partial charge is 0.334 e. The number of benzene rings is 2. The molecule has 0 aromatic heterocycles. The summed E-state index contributed by atoms with van der Waals surface area (Å²) in [6.45, 7) is 4.18. The van der Waals surface area contributed by atoms with E-state index >= 15 is 0 Å². The Kier molecular flexibility index (Phi) is 4.39. The quantitative estimate of drug-likeness (QED) is 0.796. The van der Waals surface area contributed by atoms with Crippen molar-refractivity contribution in [3.05, 3.63) is 65.7 Å². The van der Waals surface area contributed by atoms with Crippen LogP contribution in [0, 0.1) is 5.41 Å². The Balaban J connectivity index is 1.82. The minimum Gasteiger partial charge on any atom is -0.334 e. The zero-order valence-corrected chi connectivity index (χ0v) is 16.6. The predicted octanol–water partition coefficient (Wildman–Crippen LogP) is 2.42. The van der Waals surface area contributed by atoms with Gasteiger partial charge in [0.15, 0.2) is 5.78 Å². The Hall–Kier alpha value is -2.51. The second-order valence-corrected chi connectivity index (χ2v) is 9.45. The second kappa shape index (κ2) is 6.53. The van der Waals surface area contributed by atoms with E-state index in [1.54, 1.807) is 66.4 Å². The van der Waals surface area contributed by atoms with Gasteiger partial charge in [-0.05, 0) is 32.0 Å². The number of amides is 1. The molecule has 0 aliphatic carbocycles. The molecule has 1 fully saturated rings. The average molecular weight is 398 g/mol. The lowest BCUT2D eigenvalue weighted by Gasteiger charge is -2.34. The van der Waals surface area contributed by atoms with Gasteiger partial charge in [-0.2, -0.15) is 4.31 Å². The van der Waals surface area contributed by atoms with Crippen LogP contribution in [-0.2, 0) is 10.0 Å². The average Bonchev–Trinajstić information content (AvgIpc) is 3.05. The molecule has 2 aromatic carbocycles. The van der Waals surface area contributed by atoms with Crippen molar-refractivity contribution in [2.75, 3.05) is 19.6 Å². The Morgan fingerprint density at radius 1 is 1.00 bits per heavy atom.